The lowest BCUT2D eigenvalue weighted by Gasteiger charge is -2.08. The maximum Gasteiger partial charge on any atom is 0.304 e. The number of carbonyl (C=O) groups is 1. The molecule has 0 fully saturated rings. The van der Waals surface area contributed by atoms with E-state index in [4.69, 9.17) is 0 Å². The summed E-state index contributed by atoms with van der Waals surface area (Å²) in [7, 11) is 0. The predicted octanol–water partition coefficient (Wildman–Crippen LogP) is 0.567. The molecule has 0 radical (unpaired) electrons. The zero-order valence-corrected chi connectivity index (χ0v) is 7.34. The van der Waals surface area contributed by atoms with Crippen LogP contribution >= 0.6 is 12.6 Å². The van der Waals surface area contributed by atoms with Crippen molar-refractivity contribution in [1.82, 2.24) is 0 Å². The molecule has 0 aromatic carbocycles. The summed E-state index contributed by atoms with van der Waals surface area (Å²) in [6.07, 6.45) is 0. The van der Waals surface area contributed by atoms with Gasteiger partial charge in [0.2, 0.25) is 0 Å². The van der Waals surface area contributed by atoms with Gasteiger partial charge in [0.05, 0.1) is 0 Å². The summed E-state index contributed by atoms with van der Waals surface area (Å²) in [6, 6.07) is 4.69. The Kier molecular flexibility index (Phi) is 2.54. The molecule has 1 rings (SSSR count). The summed E-state index contributed by atoms with van der Waals surface area (Å²) < 4.78 is 0.546. The van der Waals surface area contributed by atoms with E-state index in [1.807, 2.05) is 0 Å². The first kappa shape index (κ1) is 8.86. The third-order valence-corrected chi connectivity index (χ3v) is 1.56. The van der Waals surface area contributed by atoms with E-state index in [9.17, 15) is 10.0 Å². The van der Waals surface area contributed by atoms with Crippen molar-refractivity contribution >= 4 is 24.4 Å². The normalized spacial score (nSPS) is 9.50. The van der Waals surface area contributed by atoms with Gasteiger partial charge in [0.25, 0.3) is 5.82 Å². The fraction of sp³-hybridized carbons (Fsp3) is 0.143. The summed E-state index contributed by atoms with van der Waals surface area (Å²) in [6.45, 7) is 1.34. The number of hydrogen-bond donors (Lipinski definition) is 2. The number of thiol groups is 1. The van der Waals surface area contributed by atoms with Crippen LogP contribution in [0.5, 0.6) is 0 Å². The number of amides is 1. The average molecular weight is 184 g/mol. The monoisotopic (exact) mass is 184 g/mol. The van der Waals surface area contributed by atoms with Gasteiger partial charge in [0.1, 0.15) is 0 Å². The van der Waals surface area contributed by atoms with Crippen molar-refractivity contribution in [2.75, 3.05) is 5.32 Å². The largest absolute Gasteiger partial charge is 0.710 e. The smallest absolute Gasteiger partial charge is 0.304 e. The van der Waals surface area contributed by atoms with Gasteiger partial charge >= 0.3 is 5.91 Å². The highest BCUT2D eigenvalue weighted by atomic mass is 32.1. The van der Waals surface area contributed by atoms with Crippen molar-refractivity contribution in [3.63, 3.8) is 0 Å². The lowest BCUT2D eigenvalue weighted by Crippen LogP contribution is -2.33. The number of nitrogens with one attached hydrogen (secondary N) is 1. The van der Waals surface area contributed by atoms with Gasteiger partial charge in [-0.15, -0.1) is 12.6 Å². The van der Waals surface area contributed by atoms with Crippen molar-refractivity contribution in [2.45, 2.75) is 11.9 Å². The number of hydrogen-bond acceptors (Lipinski definition) is 3. The second-order valence-corrected chi connectivity index (χ2v) is 2.70. The first-order chi connectivity index (χ1) is 5.61. The number of rotatable bonds is 1. The average Bonchev–Trinajstić information content (AvgIpc) is 1.98. The third kappa shape index (κ3) is 1.88. The van der Waals surface area contributed by atoms with Crippen LogP contribution in [-0.4, -0.2) is 5.91 Å². The fourth-order valence-electron chi connectivity index (χ4n) is 0.757. The lowest BCUT2D eigenvalue weighted by molar-refractivity contribution is -0.630. The van der Waals surface area contributed by atoms with Crippen LogP contribution in [0.25, 0.3) is 0 Å². The molecule has 0 atom stereocenters. The van der Waals surface area contributed by atoms with E-state index in [2.05, 4.69) is 17.9 Å². The van der Waals surface area contributed by atoms with E-state index in [0.717, 1.165) is 0 Å². The molecule has 0 spiro atoms. The summed E-state index contributed by atoms with van der Waals surface area (Å²) in [5.41, 5.74) is 0. The molecule has 1 amide bonds. The Morgan fingerprint density at radius 2 is 2.33 bits per heavy atom. The van der Waals surface area contributed by atoms with Crippen molar-refractivity contribution < 1.29 is 9.52 Å². The van der Waals surface area contributed by atoms with Crippen LogP contribution in [0.3, 0.4) is 0 Å². The lowest BCUT2D eigenvalue weighted by atomic mass is 10.4. The van der Waals surface area contributed by atoms with Gasteiger partial charge in [-0.1, -0.05) is 0 Å². The molecule has 0 unspecified atom stereocenters. The number of carbonyl (C=O) groups excluding carboxylic acids is 1. The molecule has 64 valence electrons. The zero-order chi connectivity index (χ0) is 9.14. The first-order valence-electron chi connectivity index (χ1n) is 3.30. The Morgan fingerprint density at radius 1 is 1.67 bits per heavy atom. The van der Waals surface area contributed by atoms with Crippen molar-refractivity contribution in [1.29, 1.82) is 0 Å². The van der Waals surface area contributed by atoms with Crippen LogP contribution in [0, 0.1) is 5.21 Å². The molecular formula is C7H8N2O2S. The van der Waals surface area contributed by atoms with Crippen LogP contribution in [0.2, 0.25) is 0 Å². The minimum absolute atomic E-state index is 0.190. The van der Waals surface area contributed by atoms with E-state index >= 15 is 0 Å². The van der Waals surface area contributed by atoms with Gasteiger partial charge in [-0.2, -0.15) is 0 Å². The third-order valence-electron chi connectivity index (χ3n) is 1.23. The molecule has 0 saturated heterocycles. The van der Waals surface area contributed by atoms with Gasteiger partial charge in [-0.3, -0.25) is 0 Å². The van der Waals surface area contributed by atoms with E-state index in [0.29, 0.717) is 4.73 Å². The fourth-order valence-corrected chi connectivity index (χ4v) is 0.951. The standard InChI is InChI=1S/C7H8N2O2S/c1-5(10)8-6-3-2-4-7(12)9(6)11/h2-4,12H,1H3,(H,8,10). The van der Waals surface area contributed by atoms with Crippen molar-refractivity contribution in [3.05, 3.63) is 23.4 Å². The summed E-state index contributed by atoms with van der Waals surface area (Å²) in [5.74, 6) is -0.0893. The van der Waals surface area contributed by atoms with Crippen molar-refractivity contribution in [3.8, 4) is 0 Å². The van der Waals surface area contributed by atoms with Crippen LogP contribution in [0.15, 0.2) is 23.2 Å². The highest BCUT2D eigenvalue weighted by Gasteiger charge is 2.06. The van der Waals surface area contributed by atoms with Gasteiger partial charge in [0.15, 0.2) is 5.03 Å². The van der Waals surface area contributed by atoms with Gasteiger partial charge in [-0.25, -0.2) is 14.8 Å². The summed E-state index contributed by atoms with van der Waals surface area (Å²) in [5, 5.41) is 13.8. The van der Waals surface area contributed by atoms with E-state index in [1.54, 1.807) is 12.1 Å². The second kappa shape index (κ2) is 3.44. The molecule has 12 heavy (non-hydrogen) atoms. The van der Waals surface area contributed by atoms with Crippen molar-refractivity contribution in [2.24, 2.45) is 0 Å². The van der Waals surface area contributed by atoms with E-state index < -0.39 is 0 Å². The molecule has 0 aliphatic rings. The first-order valence-corrected chi connectivity index (χ1v) is 3.75. The molecule has 0 bridgehead atoms. The Labute approximate surface area is 75.2 Å². The highest BCUT2D eigenvalue weighted by molar-refractivity contribution is 7.80. The molecule has 4 nitrogen and oxygen atoms in total. The molecule has 0 aliphatic carbocycles. The summed E-state index contributed by atoms with van der Waals surface area (Å²) in [4.78, 5) is 10.6. The molecule has 1 N–H and O–H groups in total. The number of nitrogens with zero attached hydrogens (tertiary/aromatic N) is 1. The minimum Gasteiger partial charge on any atom is -0.710 e. The molecule has 1 heterocycles. The maximum atomic E-state index is 11.1. The van der Waals surface area contributed by atoms with Gasteiger partial charge < -0.3 is 5.21 Å². The highest BCUT2D eigenvalue weighted by Crippen LogP contribution is 2.04. The Hall–Kier alpha value is -1.23. The number of anilines is 1. The van der Waals surface area contributed by atoms with Crippen LogP contribution in [0.4, 0.5) is 5.82 Å². The SMILES string of the molecule is CC(=O)Nc1cccc(S)[n+]1[O-]. The van der Waals surface area contributed by atoms with Gasteiger partial charge in [-0.05, 0) is 12.1 Å². The Morgan fingerprint density at radius 3 is 2.92 bits per heavy atom. The molecule has 0 aliphatic heterocycles. The number of aromatic nitrogens is 1. The molecule has 1 aromatic rings. The van der Waals surface area contributed by atoms with Gasteiger partial charge in [0, 0.05) is 13.0 Å². The minimum atomic E-state index is -0.279. The zero-order valence-electron chi connectivity index (χ0n) is 6.44. The molecule has 1 aromatic heterocycles. The molecule has 0 saturated carbocycles. The maximum absolute atomic E-state index is 11.1. The van der Waals surface area contributed by atoms with E-state index in [1.165, 1.54) is 13.0 Å². The van der Waals surface area contributed by atoms with Crippen LogP contribution in [-0.2, 0) is 4.79 Å². The second-order valence-electron chi connectivity index (χ2n) is 2.24. The number of pyridine rings is 1. The molecular weight excluding hydrogens is 176 g/mol. The van der Waals surface area contributed by atoms with E-state index in [-0.39, 0.29) is 16.8 Å². The topological polar surface area (TPSA) is 56.0 Å². The summed E-state index contributed by atoms with van der Waals surface area (Å²) >= 11 is 3.89. The quantitative estimate of drug-likeness (QED) is 0.381. The Bertz CT molecular complexity index is 314. The van der Waals surface area contributed by atoms with Crippen LogP contribution in [0.1, 0.15) is 6.92 Å². The predicted molar refractivity (Wildman–Crippen MR) is 47.0 cm³/mol. The molecule has 5 heteroatoms. The Balaban J connectivity index is 3.00. The van der Waals surface area contributed by atoms with Crippen LogP contribution < -0.4 is 10.0 Å².